The van der Waals surface area contributed by atoms with Crippen molar-refractivity contribution in [2.24, 2.45) is 0 Å². The van der Waals surface area contributed by atoms with Crippen molar-refractivity contribution in [3.63, 3.8) is 0 Å². The van der Waals surface area contributed by atoms with E-state index in [2.05, 4.69) is 37.4 Å². The Morgan fingerprint density at radius 3 is 2.09 bits per heavy atom. The molecule has 0 spiro atoms. The van der Waals surface area contributed by atoms with Crippen LogP contribution in [0.5, 0.6) is 0 Å². The zero-order chi connectivity index (χ0) is 15.9. The zero-order valence-corrected chi connectivity index (χ0v) is 13.6. The zero-order valence-electron chi connectivity index (χ0n) is 13.6. The highest BCUT2D eigenvalue weighted by molar-refractivity contribution is 5.95. The maximum atomic E-state index is 12.4. The Hall–Kier alpha value is -2.29. The van der Waals surface area contributed by atoms with Crippen molar-refractivity contribution in [3.8, 4) is 0 Å². The number of aryl methyl sites for hydroxylation is 2. The van der Waals surface area contributed by atoms with E-state index in [9.17, 15) is 4.79 Å². The van der Waals surface area contributed by atoms with Gasteiger partial charge in [-0.15, -0.1) is 0 Å². The van der Waals surface area contributed by atoms with Gasteiger partial charge in [0.05, 0.1) is 6.54 Å². The molecule has 0 saturated carbocycles. The van der Waals surface area contributed by atoms with Crippen molar-refractivity contribution >= 4 is 17.3 Å². The average Bonchev–Trinajstić information content (AvgIpc) is 2.55. The summed E-state index contributed by atoms with van der Waals surface area (Å²) in [6, 6.07) is 16.2. The van der Waals surface area contributed by atoms with E-state index in [1.807, 2.05) is 42.3 Å². The van der Waals surface area contributed by atoms with Gasteiger partial charge in [0.25, 0.3) is 0 Å². The Labute approximate surface area is 133 Å². The minimum Gasteiger partial charge on any atom is -0.365 e. The molecule has 1 N–H and O–H groups in total. The molecule has 0 heterocycles. The third kappa shape index (κ3) is 3.88. The van der Waals surface area contributed by atoms with Crippen LogP contribution in [-0.4, -0.2) is 19.5 Å². The van der Waals surface area contributed by atoms with E-state index in [0.717, 1.165) is 24.2 Å². The van der Waals surface area contributed by atoms with E-state index in [0.29, 0.717) is 6.54 Å². The molecule has 0 aliphatic rings. The Morgan fingerprint density at radius 2 is 1.55 bits per heavy atom. The van der Waals surface area contributed by atoms with E-state index >= 15 is 0 Å². The number of para-hydroxylation sites is 2. The molecule has 0 aliphatic heterocycles. The second-order valence-corrected chi connectivity index (χ2v) is 5.40. The molecule has 3 heteroatoms. The molecule has 2 rings (SSSR count). The number of nitrogens with one attached hydrogen (secondary N) is 1. The van der Waals surface area contributed by atoms with Gasteiger partial charge >= 0.3 is 0 Å². The summed E-state index contributed by atoms with van der Waals surface area (Å²) in [5, 5.41) is 3.10. The summed E-state index contributed by atoms with van der Waals surface area (Å²) >= 11 is 0. The lowest BCUT2D eigenvalue weighted by Gasteiger charge is -2.20. The number of likely N-dealkylation sites (N-methyl/N-ethyl adjacent to an activating group) is 1. The first kappa shape index (κ1) is 16.1. The van der Waals surface area contributed by atoms with Crippen LogP contribution < -0.4 is 10.2 Å². The maximum Gasteiger partial charge on any atom is 0.243 e. The fourth-order valence-corrected chi connectivity index (χ4v) is 2.57. The SMILES string of the molecule is CCc1cccc(CC)c1NC(=O)CN(C)c1ccccc1. The number of carbonyl (C=O) groups is 1. The summed E-state index contributed by atoms with van der Waals surface area (Å²) in [6.07, 6.45) is 1.83. The highest BCUT2D eigenvalue weighted by Gasteiger charge is 2.12. The molecule has 2 aromatic rings. The van der Waals surface area contributed by atoms with E-state index < -0.39 is 0 Å². The number of anilines is 2. The second kappa shape index (κ2) is 7.64. The standard InChI is InChI=1S/C19H24N2O/c1-4-15-10-9-11-16(5-2)19(15)20-18(22)14-21(3)17-12-7-6-8-13-17/h6-13H,4-5,14H2,1-3H3,(H,20,22). The molecule has 0 aliphatic carbocycles. The molecule has 0 unspecified atom stereocenters. The summed E-state index contributed by atoms with van der Waals surface area (Å²) < 4.78 is 0. The number of rotatable bonds is 6. The van der Waals surface area contributed by atoms with Gasteiger partial charge in [-0.3, -0.25) is 4.79 Å². The number of hydrogen-bond acceptors (Lipinski definition) is 2. The molecule has 3 nitrogen and oxygen atoms in total. The van der Waals surface area contributed by atoms with Crippen molar-refractivity contribution in [3.05, 3.63) is 59.7 Å². The van der Waals surface area contributed by atoms with Crippen molar-refractivity contribution in [2.75, 3.05) is 23.8 Å². The summed E-state index contributed by atoms with van der Waals surface area (Å²) in [5.74, 6) is 0.0157. The van der Waals surface area contributed by atoms with Crippen molar-refractivity contribution in [2.45, 2.75) is 26.7 Å². The highest BCUT2D eigenvalue weighted by Crippen LogP contribution is 2.22. The van der Waals surface area contributed by atoms with Gasteiger partial charge in [0, 0.05) is 18.4 Å². The predicted molar refractivity (Wildman–Crippen MR) is 93.5 cm³/mol. The van der Waals surface area contributed by atoms with Crippen molar-refractivity contribution in [1.29, 1.82) is 0 Å². The fourth-order valence-electron chi connectivity index (χ4n) is 2.57. The first-order valence-electron chi connectivity index (χ1n) is 7.82. The molecular formula is C19H24N2O. The Morgan fingerprint density at radius 1 is 0.955 bits per heavy atom. The van der Waals surface area contributed by atoms with Crippen LogP contribution >= 0.6 is 0 Å². The van der Waals surface area contributed by atoms with Gasteiger partial charge in [0.15, 0.2) is 0 Å². The third-order valence-corrected chi connectivity index (χ3v) is 3.84. The van der Waals surface area contributed by atoms with E-state index in [1.54, 1.807) is 0 Å². The number of carbonyl (C=O) groups excluding carboxylic acids is 1. The quantitative estimate of drug-likeness (QED) is 0.877. The van der Waals surface area contributed by atoms with Gasteiger partial charge in [-0.2, -0.15) is 0 Å². The lowest BCUT2D eigenvalue weighted by Crippen LogP contribution is -2.30. The molecule has 2 aromatic carbocycles. The summed E-state index contributed by atoms with van der Waals surface area (Å²) in [5.41, 5.74) is 4.40. The van der Waals surface area contributed by atoms with Crippen molar-refractivity contribution < 1.29 is 4.79 Å². The van der Waals surface area contributed by atoms with Crippen LogP contribution in [-0.2, 0) is 17.6 Å². The predicted octanol–water partition coefficient (Wildman–Crippen LogP) is 3.89. The monoisotopic (exact) mass is 296 g/mol. The molecular weight excluding hydrogens is 272 g/mol. The molecule has 22 heavy (non-hydrogen) atoms. The molecule has 0 fully saturated rings. The number of hydrogen-bond donors (Lipinski definition) is 1. The van der Waals surface area contributed by atoms with Crippen LogP contribution in [0.2, 0.25) is 0 Å². The van der Waals surface area contributed by atoms with Gasteiger partial charge < -0.3 is 10.2 Å². The lowest BCUT2D eigenvalue weighted by molar-refractivity contribution is -0.114. The first-order chi connectivity index (χ1) is 10.7. The molecule has 0 atom stereocenters. The number of benzene rings is 2. The van der Waals surface area contributed by atoms with Crippen LogP contribution in [0.3, 0.4) is 0 Å². The van der Waals surface area contributed by atoms with Crippen LogP contribution in [0.15, 0.2) is 48.5 Å². The molecule has 0 bridgehead atoms. The fraction of sp³-hybridized carbons (Fsp3) is 0.316. The van der Waals surface area contributed by atoms with Gasteiger partial charge in [0.2, 0.25) is 5.91 Å². The van der Waals surface area contributed by atoms with Gasteiger partial charge in [-0.25, -0.2) is 0 Å². The molecule has 0 aromatic heterocycles. The second-order valence-electron chi connectivity index (χ2n) is 5.40. The van der Waals surface area contributed by atoms with Gasteiger partial charge in [-0.05, 0) is 36.1 Å². The van der Waals surface area contributed by atoms with E-state index in [1.165, 1.54) is 11.1 Å². The normalized spacial score (nSPS) is 10.3. The highest BCUT2D eigenvalue weighted by atomic mass is 16.2. The minimum atomic E-state index is 0.0157. The molecule has 1 amide bonds. The first-order valence-corrected chi connectivity index (χ1v) is 7.82. The Balaban J connectivity index is 2.09. The summed E-state index contributed by atoms with van der Waals surface area (Å²) in [4.78, 5) is 14.3. The van der Waals surface area contributed by atoms with Crippen molar-refractivity contribution in [1.82, 2.24) is 0 Å². The smallest absolute Gasteiger partial charge is 0.243 e. The number of amides is 1. The summed E-state index contributed by atoms with van der Waals surface area (Å²) in [7, 11) is 1.93. The van der Waals surface area contributed by atoms with Crippen LogP contribution in [0.25, 0.3) is 0 Å². The largest absolute Gasteiger partial charge is 0.365 e. The van der Waals surface area contributed by atoms with E-state index in [4.69, 9.17) is 0 Å². The Bertz CT molecular complexity index is 600. The maximum absolute atomic E-state index is 12.4. The minimum absolute atomic E-state index is 0.0157. The molecule has 0 saturated heterocycles. The topological polar surface area (TPSA) is 32.3 Å². The van der Waals surface area contributed by atoms with Crippen LogP contribution in [0.4, 0.5) is 11.4 Å². The van der Waals surface area contributed by atoms with E-state index in [-0.39, 0.29) is 5.91 Å². The Kier molecular flexibility index (Phi) is 5.59. The molecule has 116 valence electrons. The van der Waals surface area contributed by atoms with Gasteiger partial charge in [0.1, 0.15) is 0 Å². The van der Waals surface area contributed by atoms with Crippen LogP contribution in [0.1, 0.15) is 25.0 Å². The summed E-state index contributed by atoms with van der Waals surface area (Å²) in [6.45, 7) is 4.56. The number of nitrogens with zero attached hydrogens (tertiary/aromatic N) is 1. The third-order valence-electron chi connectivity index (χ3n) is 3.84. The van der Waals surface area contributed by atoms with Crippen LogP contribution in [0, 0.1) is 0 Å². The lowest BCUT2D eigenvalue weighted by atomic mass is 10.0. The average molecular weight is 296 g/mol. The van der Waals surface area contributed by atoms with Gasteiger partial charge in [-0.1, -0.05) is 50.2 Å². The molecule has 0 radical (unpaired) electrons.